The summed E-state index contributed by atoms with van der Waals surface area (Å²) in [4.78, 5) is 44.2. The molecule has 4 rings (SSSR count). The standard InChI is InChI=1S/C28H25N5O5/c1-3-14-32(17-19-4-13-25-24(15-19)28(36)31-18(2)30-25)22-9-7-21(8-10-22)27(35)29-16-26(34)20-5-11-23(12-6-20)33(37)38/h1,4-13,15,26,34H,14,16-17H2,2H3,(H,29,35)(H,30,31,36). The number of aryl methyl sites for hydroxylation is 1. The fraction of sp³-hybridized carbons (Fsp3) is 0.179. The van der Waals surface area contributed by atoms with Gasteiger partial charge in [-0.1, -0.05) is 12.0 Å². The van der Waals surface area contributed by atoms with E-state index in [1.165, 1.54) is 24.3 Å². The predicted octanol–water partition coefficient (Wildman–Crippen LogP) is 3.24. The zero-order valence-corrected chi connectivity index (χ0v) is 20.5. The molecule has 0 aliphatic carbocycles. The number of aromatic nitrogens is 2. The van der Waals surface area contributed by atoms with Crippen molar-refractivity contribution in [3.63, 3.8) is 0 Å². The molecular formula is C28H25N5O5. The van der Waals surface area contributed by atoms with Gasteiger partial charge in [0.15, 0.2) is 0 Å². The van der Waals surface area contributed by atoms with E-state index in [1.807, 2.05) is 11.0 Å². The first kappa shape index (κ1) is 26.1. The van der Waals surface area contributed by atoms with Crippen molar-refractivity contribution in [2.24, 2.45) is 0 Å². The third kappa shape index (κ3) is 6.03. The molecule has 1 heterocycles. The number of aliphatic hydroxyl groups is 1. The van der Waals surface area contributed by atoms with Crippen LogP contribution in [0.3, 0.4) is 0 Å². The number of nitrogens with one attached hydrogen (secondary N) is 2. The van der Waals surface area contributed by atoms with Gasteiger partial charge in [-0.2, -0.15) is 0 Å². The van der Waals surface area contributed by atoms with Crippen molar-refractivity contribution in [2.75, 3.05) is 18.0 Å². The van der Waals surface area contributed by atoms with Crippen molar-refractivity contribution in [1.29, 1.82) is 0 Å². The summed E-state index contributed by atoms with van der Waals surface area (Å²) in [7, 11) is 0. The molecule has 4 aromatic rings. The van der Waals surface area contributed by atoms with Crippen LogP contribution in [0.2, 0.25) is 0 Å². The topological polar surface area (TPSA) is 141 Å². The number of hydrogen-bond acceptors (Lipinski definition) is 7. The molecule has 10 heteroatoms. The van der Waals surface area contributed by atoms with Crippen LogP contribution in [-0.4, -0.2) is 39.0 Å². The second-order valence-electron chi connectivity index (χ2n) is 8.68. The molecule has 0 saturated heterocycles. The van der Waals surface area contributed by atoms with Gasteiger partial charge in [0.25, 0.3) is 17.2 Å². The van der Waals surface area contributed by atoms with Crippen molar-refractivity contribution < 1.29 is 14.8 Å². The number of terminal acetylenes is 1. The average Bonchev–Trinajstić information content (AvgIpc) is 2.91. The lowest BCUT2D eigenvalue weighted by Gasteiger charge is -2.23. The first-order chi connectivity index (χ1) is 18.2. The molecule has 0 bridgehead atoms. The highest BCUT2D eigenvalue weighted by Crippen LogP contribution is 2.21. The van der Waals surface area contributed by atoms with Crippen LogP contribution < -0.4 is 15.8 Å². The Morgan fingerprint density at radius 2 is 1.89 bits per heavy atom. The molecular weight excluding hydrogens is 486 g/mol. The van der Waals surface area contributed by atoms with E-state index in [-0.39, 0.29) is 23.7 Å². The van der Waals surface area contributed by atoms with E-state index in [0.717, 1.165) is 11.3 Å². The summed E-state index contributed by atoms with van der Waals surface area (Å²) in [6.45, 7) is 2.43. The SMILES string of the molecule is C#CCN(Cc1ccc2nc(C)[nH]c(=O)c2c1)c1ccc(C(=O)NCC(O)c2ccc([N+](=O)[O-])cc2)cc1. The number of rotatable bonds is 9. The summed E-state index contributed by atoms with van der Waals surface area (Å²) >= 11 is 0. The van der Waals surface area contributed by atoms with Crippen molar-refractivity contribution in [3.8, 4) is 12.3 Å². The number of amides is 1. The highest BCUT2D eigenvalue weighted by Gasteiger charge is 2.14. The molecule has 0 spiro atoms. The lowest BCUT2D eigenvalue weighted by molar-refractivity contribution is -0.384. The van der Waals surface area contributed by atoms with E-state index in [9.17, 15) is 24.8 Å². The molecule has 0 radical (unpaired) electrons. The number of anilines is 1. The third-order valence-electron chi connectivity index (χ3n) is 5.98. The second kappa shape index (κ2) is 11.4. The van der Waals surface area contributed by atoms with Gasteiger partial charge < -0.3 is 20.3 Å². The quantitative estimate of drug-likeness (QED) is 0.178. The van der Waals surface area contributed by atoms with Crippen LogP contribution in [0.1, 0.15) is 33.4 Å². The highest BCUT2D eigenvalue weighted by atomic mass is 16.6. The molecule has 3 aromatic carbocycles. The van der Waals surface area contributed by atoms with E-state index in [2.05, 4.69) is 21.2 Å². The Bertz CT molecular complexity index is 1570. The molecule has 1 aromatic heterocycles. The Morgan fingerprint density at radius 3 is 2.55 bits per heavy atom. The first-order valence-electron chi connectivity index (χ1n) is 11.7. The monoisotopic (exact) mass is 511 g/mol. The minimum absolute atomic E-state index is 0.0584. The summed E-state index contributed by atoms with van der Waals surface area (Å²) in [5, 5.41) is 24.3. The number of hydrogen-bond donors (Lipinski definition) is 3. The second-order valence-corrected chi connectivity index (χ2v) is 8.68. The Hall–Kier alpha value is -5.01. The molecule has 0 aliphatic rings. The Labute approximate surface area is 218 Å². The van der Waals surface area contributed by atoms with Crippen molar-refractivity contribution in [3.05, 3.63) is 110 Å². The van der Waals surface area contributed by atoms with Crippen LogP contribution >= 0.6 is 0 Å². The number of non-ortho nitro benzene ring substituents is 1. The van der Waals surface area contributed by atoms with Gasteiger partial charge in [-0.15, -0.1) is 6.42 Å². The van der Waals surface area contributed by atoms with E-state index < -0.39 is 11.0 Å². The summed E-state index contributed by atoms with van der Waals surface area (Å²) in [6.07, 6.45) is 4.58. The van der Waals surface area contributed by atoms with Gasteiger partial charge in [0.1, 0.15) is 5.82 Å². The van der Waals surface area contributed by atoms with Crippen LogP contribution in [0.15, 0.2) is 71.5 Å². The Kier molecular flexibility index (Phi) is 7.80. The maximum atomic E-state index is 12.6. The lowest BCUT2D eigenvalue weighted by atomic mass is 10.1. The maximum Gasteiger partial charge on any atom is 0.269 e. The van der Waals surface area contributed by atoms with Gasteiger partial charge in [0.05, 0.1) is 28.5 Å². The molecule has 1 unspecified atom stereocenters. The number of aliphatic hydroxyl groups excluding tert-OH is 1. The zero-order chi connectivity index (χ0) is 27.2. The van der Waals surface area contributed by atoms with Gasteiger partial charge in [0, 0.05) is 36.5 Å². The number of aromatic amines is 1. The van der Waals surface area contributed by atoms with Crippen LogP contribution in [-0.2, 0) is 6.54 Å². The van der Waals surface area contributed by atoms with Gasteiger partial charge in [-0.25, -0.2) is 4.98 Å². The minimum Gasteiger partial charge on any atom is -0.387 e. The van der Waals surface area contributed by atoms with Gasteiger partial charge >= 0.3 is 0 Å². The summed E-state index contributed by atoms with van der Waals surface area (Å²) in [5.74, 6) is 2.81. The van der Waals surface area contributed by atoms with E-state index in [4.69, 9.17) is 6.42 Å². The van der Waals surface area contributed by atoms with Crippen molar-refractivity contribution >= 4 is 28.2 Å². The fourth-order valence-electron chi connectivity index (χ4n) is 4.02. The molecule has 10 nitrogen and oxygen atoms in total. The maximum absolute atomic E-state index is 12.6. The smallest absolute Gasteiger partial charge is 0.269 e. The summed E-state index contributed by atoms with van der Waals surface area (Å²) < 4.78 is 0. The lowest BCUT2D eigenvalue weighted by Crippen LogP contribution is -2.28. The number of benzene rings is 3. The number of nitro benzene ring substituents is 1. The van der Waals surface area contributed by atoms with E-state index >= 15 is 0 Å². The van der Waals surface area contributed by atoms with Crippen LogP contribution in [0.5, 0.6) is 0 Å². The number of H-pyrrole nitrogens is 1. The number of nitro groups is 1. The molecule has 0 fully saturated rings. The molecule has 192 valence electrons. The van der Waals surface area contributed by atoms with E-state index in [0.29, 0.717) is 40.9 Å². The predicted molar refractivity (Wildman–Crippen MR) is 144 cm³/mol. The normalized spacial score (nSPS) is 11.5. The molecule has 0 aliphatic heterocycles. The Balaban J connectivity index is 1.42. The summed E-state index contributed by atoms with van der Waals surface area (Å²) in [5.41, 5.74) is 2.86. The van der Waals surface area contributed by atoms with Crippen LogP contribution in [0.4, 0.5) is 11.4 Å². The third-order valence-corrected chi connectivity index (χ3v) is 5.98. The van der Waals surface area contributed by atoms with Gasteiger partial charge in [-0.3, -0.25) is 19.7 Å². The number of carbonyl (C=O) groups excluding carboxylic acids is 1. The summed E-state index contributed by atoms with van der Waals surface area (Å²) in [6, 6.07) is 17.9. The zero-order valence-electron chi connectivity index (χ0n) is 20.5. The molecule has 38 heavy (non-hydrogen) atoms. The van der Waals surface area contributed by atoms with Gasteiger partial charge in [-0.05, 0) is 66.6 Å². The highest BCUT2D eigenvalue weighted by molar-refractivity contribution is 5.94. The molecule has 0 saturated carbocycles. The molecule has 3 N–H and O–H groups in total. The van der Waals surface area contributed by atoms with Crippen LogP contribution in [0, 0.1) is 29.4 Å². The number of nitrogens with zero attached hydrogens (tertiary/aromatic N) is 3. The van der Waals surface area contributed by atoms with E-state index in [1.54, 1.807) is 43.3 Å². The van der Waals surface area contributed by atoms with Crippen molar-refractivity contribution in [1.82, 2.24) is 15.3 Å². The largest absolute Gasteiger partial charge is 0.387 e. The van der Waals surface area contributed by atoms with Crippen LogP contribution in [0.25, 0.3) is 10.9 Å². The fourth-order valence-corrected chi connectivity index (χ4v) is 4.02. The first-order valence-corrected chi connectivity index (χ1v) is 11.7. The molecule has 1 amide bonds. The van der Waals surface area contributed by atoms with Gasteiger partial charge in [0.2, 0.25) is 0 Å². The number of carbonyl (C=O) groups is 1. The number of fused-ring (bicyclic) bond motifs is 1. The average molecular weight is 512 g/mol. The molecule has 1 atom stereocenters. The van der Waals surface area contributed by atoms with Crippen molar-refractivity contribution in [2.45, 2.75) is 19.6 Å². The minimum atomic E-state index is -1.02. The Morgan fingerprint density at radius 1 is 1.18 bits per heavy atom.